The first-order valence-electron chi connectivity index (χ1n) is 10.7. The van der Waals surface area contributed by atoms with Crippen molar-refractivity contribution in [2.45, 2.75) is 49.3 Å². The first kappa shape index (κ1) is 26.1. The van der Waals surface area contributed by atoms with Crippen molar-refractivity contribution in [3.63, 3.8) is 0 Å². The lowest BCUT2D eigenvalue weighted by Gasteiger charge is -2.09. The van der Waals surface area contributed by atoms with E-state index in [0.717, 1.165) is 12.8 Å². The summed E-state index contributed by atoms with van der Waals surface area (Å²) >= 11 is 0. The Bertz CT molecular complexity index is 936. The molecule has 2 rings (SSSR count). The molecule has 8 nitrogen and oxygen atoms in total. The van der Waals surface area contributed by atoms with Gasteiger partial charge in [0.2, 0.25) is 20.0 Å². The molecular formula is C22H32N2O6S2. The van der Waals surface area contributed by atoms with E-state index in [1.807, 2.05) is 13.8 Å². The van der Waals surface area contributed by atoms with Crippen molar-refractivity contribution in [1.29, 1.82) is 0 Å². The van der Waals surface area contributed by atoms with Crippen LogP contribution in [0.25, 0.3) is 0 Å². The Morgan fingerprint density at radius 3 is 1.25 bits per heavy atom. The highest BCUT2D eigenvalue weighted by molar-refractivity contribution is 7.89. The zero-order chi connectivity index (χ0) is 23.5. The molecule has 0 aliphatic carbocycles. The summed E-state index contributed by atoms with van der Waals surface area (Å²) in [5.74, 6) is 1.26. The number of rotatable bonds is 15. The zero-order valence-corrected chi connectivity index (χ0v) is 20.2. The number of unbranched alkanes of at least 4 members (excludes halogenated alkanes) is 3. The van der Waals surface area contributed by atoms with Gasteiger partial charge >= 0.3 is 0 Å². The van der Waals surface area contributed by atoms with E-state index in [9.17, 15) is 16.8 Å². The molecule has 0 unspecified atom stereocenters. The van der Waals surface area contributed by atoms with Crippen molar-refractivity contribution in [1.82, 2.24) is 9.44 Å². The van der Waals surface area contributed by atoms with Crippen molar-refractivity contribution in [2.24, 2.45) is 0 Å². The lowest BCUT2D eigenvalue weighted by molar-refractivity contribution is 0.340. The van der Waals surface area contributed by atoms with Crippen LogP contribution in [0.3, 0.4) is 0 Å². The Labute approximate surface area is 191 Å². The maximum Gasteiger partial charge on any atom is 0.240 e. The molecule has 0 saturated heterocycles. The van der Waals surface area contributed by atoms with E-state index in [1.54, 1.807) is 24.3 Å². The van der Waals surface area contributed by atoms with Gasteiger partial charge in [-0.15, -0.1) is 0 Å². The Kier molecular flexibility index (Phi) is 10.4. The summed E-state index contributed by atoms with van der Waals surface area (Å²) in [6.07, 6.45) is 2.91. The molecule has 0 aliphatic rings. The maximum atomic E-state index is 12.3. The molecule has 0 saturated carbocycles. The molecule has 0 bridgehead atoms. The van der Waals surface area contributed by atoms with Gasteiger partial charge in [-0.2, -0.15) is 0 Å². The summed E-state index contributed by atoms with van der Waals surface area (Å²) in [5, 5.41) is 0. The average Bonchev–Trinajstić information content (AvgIpc) is 2.77. The van der Waals surface area contributed by atoms with E-state index in [1.165, 1.54) is 24.3 Å². The van der Waals surface area contributed by atoms with Crippen LogP contribution in [-0.2, 0) is 20.0 Å². The summed E-state index contributed by atoms with van der Waals surface area (Å²) in [6.45, 7) is 5.42. The topological polar surface area (TPSA) is 111 Å². The minimum absolute atomic E-state index is 0.199. The van der Waals surface area contributed by atoms with Crippen molar-refractivity contribution < 1.29 is 26.3 Å². The molecule has 0 radical (unpaired) electrons. The molecule has 0 heterocycles. The third-order valence-corrected chi connectivity index (χ3v) is 7.53. The van der Waals surface area contributed by atoms with Gasteiger partial charge in [-0.3, -0.25) is 0 Å². The van der Waals surface area contributed by atoms with Crippen LogP contribution in [0.1, 0.15) is 39.5 Å². The lowest BCUT2D eigenvalue weighted by Crippen LogP contribution is -2.25. The minimum atomic E-state index is -3.55. The van der Waals surface area contributed by atoms with Gasteiger partial charge in [0.05, 0.1) is 23.0 Å². The Morgan fingerprint density at radius 1 is 0.594 bits per heavy atom. The van der Waals surface area contributed by atoms with Crippen molar-refractivity contribution in [2.75, 3.05) is 26.3 Å². The van der Waals surface area contributed by atoms with E-state index in [-0.39, 0.29) is 9.79 Å². The number of sulfonamides is 2. The van der Waals surface area contributed by atoms with Crippen LogP contribution in [0.5, 0.6) is 11.5 Å². The van der Waals surface area contributed by atoms with Crippen LogP contribution in [0.2, 0.25) is 0 Å². The molecule has 0 fully saturated rings. The smallest absolute Gasteiger partial charge is 0.240 e. The Balaban J connectivity index is 1.64. The van der Waals surface area contributed by atoms with E-state index in [0.29, 0.717) is 50.6 Å². The average molecular weight is 485 g/mol. The van der Waals surface area contributed by atoms with E-state index >= 15 is 0 Å². The van der Waals surface area contributed by atoms with E-state index in [4.69, 9.17) is 9.47 Å². The second-order valence-electron chi connectivity index (χ2n) is 7.02. The normalized spacial score (nSPS) is 11.9. The van der Waals surface area contributed by atoms with Crippen molar-refractivity contribution in [3.8, 4) is 11.5 Å². The van der Waals surface area contributed by atoms with Gasteiger partial charge in [-0.1, -0.05) is 12.8 Å². The fourth-order valence-corrected chi connectivity index (χ4v) is 5.09. The predicted octanol–water partition coefficient (Wildman–Crippen LogP) is 3.30. The predicted molar refractivity (Wildman–Crippen MR) is 124 cm³/mol. The minimum Gasteiger partial charge on any atom is -0.494 e. The summed E-state index contributed by atoms with van der Waals surface area (Å²) in [5.41, 5.74) is 0. The zero-order valence-electron chi connectivity index (χ0n) is 18.5. The summed E-state index contributed by atoms with van der Waals surface area (Å²) < 4.78 is 65.0. The lowest BCUT2D eigenvalue weighted by atomic mass is 10.2. The molecule has 10 heteroatoms. The van der Waals surface area contributed by atoms with Crippen LogP contribution >= 0.6 is 0 Å². The second-order valence-corrected chi connectivity index (χ2v) is 10.6. The fourth-order valence-electron chi connectivity index (χ4n) is 2.95. The first-order chi connectivity index (χ1) is 15.3. The molecular weight excluding hydrogens is 452 g/mol. The van der Waals surface area contributed by atoms with Crippen LogP contribution in [0, 0.1) is 0 Å². The SMILES string of the molecule is CCOc1ccc(S(=O)(=O)NCCCCCCNS(=O)(=O)c2ccc(OCC)cc2)cc1. The molecule has 0 amide bonds. The van der Waals surface area contributed by atoms with E-state index in [2.05, 4.69) is 9.44 Å². The molecule has 0 aromatic heterocycles. The summed E-state index contributed by atoms with van der Waals surface area (Å²) in [6, 6.07) is 12.6. The number of nitrogens with one attached hydrogen (secondary N) is 2. The Morgan fingerprint density at radius 2 is 0.938 bits per heavy atom. The number of ether oxygens (including phenoxy) is 2. The van der Waals surface area contributed by atoms with Crippen LogP contribution in [0.15, 0.2) is 58.3 Å². The molecule has 178 valence electrons. The van der Waals surface area contributed by atoms with Gasteiger partial charge in [0.1, 0.15) is 11.5 Å². The van der Waals surface area contributed by atoms with E-state index < -0.39 is 20.0 Å². The molecule has 0 aliphatic heterocycles. The molecule has 2 aromatic rings. The largest absolute Gasteiger partial charge is 0.494 e. The summed E-state index contributed by atoms with van der Waals surface area (Å²) in [4.78, 5) is 0.397. The van der Waals surface area contributed by atoms with Gasteiger partial charge in [0, 0.05) is 13.1 Å². The monoisotopic (exact) mass is 484 g/mol. The molecule has 0 atom stereocenters. The van der Waals surface area contributed by atoms with Gasteiger partial charge < -0.3 is 9.47 Å². The van der Waals surface area contributed by atoms with Crippen LogP contribution in [0.4, 0.5) is 0 Å². The first-order valence-corrected chi connectivity index (χ1v) is 13.7. The van der Waals surface area contributed by atoms with Gasteiger partial charge in [-0.05, 0) is 75.2 Å². The summed E-state index contributed by atoms with van der Waals surface area (Å²) in [7, 11) is -7.10. The van der Waals surface area contributed by atoms with Gasteiger partial charge in [0.25, 0.3) is 0 Å². The number of hydrogen-bond donors (Lipinski definition) is 2. The highest BCUT2D eigenvalue weighted by Crippen LogP contribution is 2.17. The Hall–Kier alpha value is -2.14. The van der Waals surface area contributed by atoms with Crippen LogP contribution < -0.4 is 18.9 Å². The molecule has 2 N–H and O–H groups in total. The number of hydrogen-bond acceptors (Lipinski definition) is 6. The molecule has 0 spiro atoms. The quantitative estimate of drug-likeness (QED) is 0.375. The van der Waals surface area contributed by atoms with Gasteiger partial charge in [-0.25, -0.2) is 26.3 Å². The fraction of sp³-hybridized carbons (Fsp3) is 0.455. The second kappa shape index (κ2) is 12.8. The molecule has 2 aromatic carbocycles. The van der Waals surface area contributed by atoms with Crippen molar-refractivity contribution in [3.05, 3.63) is 48.5 Å². The third kappa shape index (κ3) is 8.42. The highest BCUT2D eigenvalue weighted by Gasteiger charge is 2.14. The molecule has 32 heavy (non-hydrogen) atoms. The number of benzene rings is 2. The van der Waals surface area contributed by atoms with Crippen molar-refractivity contribution >= 4 is 20.0 Å². The standard InChI is InChI=1S/C22H32N2O6S2/c1-3-29-19-9-13-21(14-10-19)31(25,26)23-17-7-5-6-8-18-24-32(27,28)22-15-11-20(12-16-22)30-4-2/h9-16,23-24H,3-8,17-18H2,1-2H3. The van der Waals surface area contributed by atoms with Crippen LogP contribution in [-0.4, -0.2) is 43.1 Å². The highest BCUT2D eigenvalue weighted by atomic mass is 32.2. The van der Waals surface area contributed by atoms with Gasteiger partial charge in [0.15, 0.2) is 0 Å². The third-order valence-electron chi connectivity index (χ3n) is 4.58. The maximum absolute atomic E-state index is 12.3.